The van der Waals surface area contributed by atoms with Crippen LogP contribution >= 0.6 is 15.9 Å². The van der Waals surface area contributed by atoms with Crippen LogP contribution in [0.3, 0.4) is 0 Å². The number of rotatable bonds is 18. The maximum Gasteiger partial charge on any atom is 0.339 e. The van der Waals surface area contributed by atoms with Gasteiger partial charge in [0.15, 0.2) is 29.7 Å². The molecule has 2 bridgehead atoms. The van der Waals surface area contributed by atoms with Crippen LogP contribution in [0.5, 0.6) is 0 Å². The van der Waals surface area contributed by atoms with Crippen molar-refractivity contribution in [1.29, 1.82) is 0 Å². The third-order valence-electron chi connectivity index (χ3n) is 16.1. The quantitative estimate of drug-likeness (QED) is 0.0286. The number of nitrogens with one attached hydrogen (secondary N) is 1. The monoisotopic (exact) mass is 1150 g/mol. The predicted octanol–water partition coefficient (Wildman–Crippen LogP) is 7.61. The number of Topliss-reactive ketones (excluding diaryl/α,β-unsaturated/α-hetero) is 1. The lowest BCUT2D eigenvalue weighted by Gasteiger charge is -2.67. The van der Waals surface area contributed by atoms with Gasteiger partial charge >= 0.3 is 29.8 Å². The van der Waals surface area contributed by atoms with E-state index in [1.165, 1.54) is 26.0 Å². The third kappa shape index (κ3) is 11.3. The minimum atomic E-state index is -2.49. The molecule has 2 saturated carbocycles. The minimum absolute atomic E-state index is 0.0396. The predicted molar refractivity (Wildman–Crippen MR) is 287 cm³/mol. The van der Waals surface area contributed by atoms with Gasteiger partial charge < -0.3 is 48.7 Å². The number of ketones is 1. The van der Waals surface area contributed by atoms with Gasteiger partial charge in [0.25, 0.3) is 5.91 Å². The Labute approximate surface area is 466 Å². The molecule has 18 heteroatoms. The number of carbonyl (C=O) groups is 7. The molecule has 8 rings (SSSR count). The average molecular weight is 1150 g/mol. The Bertz CT molecular complexity index is 3020. The molecule has 1 amide bonds. The van der Waals surface area contributed by atoms with Gasteiger partial charge in [0.05, 0.1) is 42.3 Å². The second kappa shape index (κ2) is 23.8. The number of fused-ring (bicyclic) bond motifs is 5. The fourth-order valence-corrected chi connectivity index (χ4v) is 12.2. The molecule has 3 aliphatic carbocycles. The van der Waals surface area contributed by atoms with E-state index >= 15 is 9.59 Å². The first-order valence-electron chi connectivity index (χ1n) is 26.1. The SMILES string of the molecule is C#CCCCCOC(=O)C(O[C@@H](C(=O)O[C@H]1C[C@@]2(O)[C@@H](OC(=O)c3ccccc3)[C@@H]3[C@]4(OC(C)=O)CO[C@@H]4C[C@H](O)[C@@]3(C)C(=O)[C@H](OC(C)=O)C(=C1C)C2(C)C)[C@@H](NC(=O)c1ccccc1)c1ccccc1)c1ccc(Br)cc1. The van der Waals surface area contributed by atoms with Crippen molar-refractivity contribution in [3.8, 4) is 12.3 Å². The molecule has 4 aromatic carbocycles. The van der Waals surface area contributed by atoms with Gasteiger partial charge in [0, 0.05) is 48.6 Å². The summed E-state index contributed by atoms with van der Waals surface area (Å²) < 4.78 is 44.5. The average Bonchev–Trinajstić information content (AvgIpc) is 3.59. The number of hydrogen-bond donors (Lipinski definition) is 3. The molecule has 4 aromatic rings. The van der Waals surface area contributed by atoms with Crippen molar-refractivity contribution >= 4 is 57.5 Å². The summed E-state index contributed by atoms with van der Waals surface area (Å²) in [5, 5.41) is 29.4. The van der Waals surface area contributed by atoms with Crippen molar-refractivity contribution in [1.82, 2.24) is 5.32 Å². The van der Waals surface area contributed by atoms with Gasteiger partial charge in [-0.2, -0.15) is 0 Å². The number of halogens is 1. The highest BCUT2D eigenvalue weighted by atomic mass is 79.9. The molecule has 12 atom stereocenters. The first-order valence-corrected chi connectivity index (χ1v) is 26.9. The molecule has 0 spiro atoms. The first kappa shape index (κ1) is 58.1. The number of esters is 5. The Balaban J connectivity index is 1.32. The van der Waals surface area contributed by atoms with E-state index in [-0.39, 0.29) is 47.5 Å². The molecule has 4 aliphatic rings. The summed E-state index contributed by atoms with van der Waals surface area (Å²) in [6, 6.07) is 29.5. The molecule has 17 nitrogen and oxygen atoms in total. The van der Waals surface area contributed by atoms with E-state index in [0.29, 0.717) is 29.3 Å². The Hall–Kier alpha value is -7.01. The van der Waals surface area contributed by atoms with Crippen LogP contribution in [0.25, 0.3) is 0 Å². The fourth-order valence-electron chi connectivity index (χ4n) is 11.9. The molecule has 3 fully saturated rings. The molecule has 3 N–H and O–H groups in total. The van der Waals surface area contributed by atoms with Crippen molar-refractivity contribution in [2.75, 3.05) is 13.2 Å². The zero-order valence-electron chi connectivity index (χ0n) is 44.7. The van der Waals surface area contributed by atoms with Crippen LogP contribution in [-0.2, 0) is 57.1 Å². The molecular formula is C61H64BrNO16. The highest BCUT2D eigenvalue weighted by Gasteiger charge is 2.78. The minimum Gasteiger partial charge on any atom is -0.464 e. The van der Waals surface area contributed by atoms with Gasteiger partial charge in [-0.05, 0) is 85.4 Å². The number of amides is 1. The summed E-state index contributed by atoms with van der Waals surface area (Å²) >= 11 is 3.44. The van der Waals surface area contributed by atoms with Crippen molar-refractivity contribution in [2.24, 2.45) is 16.7 Å². The number of unbranched alkanes of at least 4 members (excludes halogenated alkanes) is 2. The Morgan fingerprint density at radius 1 is 0.810 bits per heavy atom. The summed E-state index contributed by atoms with van der Waals surface area (Å²) in [7, 11) is 0. The molecule has 1 aliphatic heterocycles. The second-order valence-corrected chi connectivity index (χ2v) is 22.1. The lowest BCUT2D eigenvalue weighted by molar-refractivity contribution is -0.346. The molecule has 1 heterocycles. The van der Waals surface area contributed by atoms with Crippen LogP contribution < -0.4 is 5.32 Å². The number of ether oxygens (including phenoxy) is 7. The highest BCUT2D eigenvalue weighted by Crippen LogP contribution is 2.64. The largest absolute Gasteiger partial charge is 0.464 e. The normalized spacial score (nSPS) is 27.7. The Morgan fingerprint density at radius 2 is 1.43 bits per heavy atom. The maximum atomic E-state index is 15.9. The van der Waals surface area contributed by atoms with E-state index in [2.05, 4.69) is 27.2 Å². The van der Waals surface area contributed by atoms with Crippen LogP contribution in [0.4, 0.5) is 0 Å². The molecule has 79 heavy (non-hydrogen) atoms. The van der Waals surface area contributed by atoms with Gasteiger partial charge in [0.2, 0.25) is 0 Å². The molecular weight excluding hydrogens is 1080 g/mol. The zero-order chi connectivity index (χ0) is 57.0. The topological polar surface area (TPSA) is 237 Å². The van der Waals surface area contributed by atoms with Crippen molar-refractivity contribution in [2.45, 2.75) is 134 Å². The van der Waals surface area contributed by atoms with Gasteiger partial charge in [0.1, 0.15) is 23.9 Å². The number of hydrogen-bond acceptors (Lipinski definition) is 16. The van der Waals surface area contributed by atoms with Crippen molar-refractivity contribution in [3.63, 3.8) is 0 Å². The van der Waals surface area contributed by atoms with Crippen molar-refractivity contribution in [3.05, 3.63) is 153 Å². The molecule has 0 radical (unpaired) electrons. The second-order valence-electron chi connectivity index (χ2n) is 21.2. The van der Waals surface area contributed by atoms with Gasteiger partial charge in [-0.25, -0.2) is 14.4 Å². The summed E-state index contributed by atoms with van der Waals surface area (Å²) in [6.45, 7) is 7.87. The van der Waals surface area contributed by atoms with Gasteiger partial charge in [-0.15, -0.1) is 12.3 Å². The van der Waals surface area contributed by atoms with E-state index in [1.54, 1.807) is 117 Å². The van der Waals surface area contributed by atoms with Crippen LogP contribution in [0.2, 0.25) is 0 Å². The van der Waals surface area contributed by atoms with Crippen molar-refractivity contribution < 1.29 is 76.9 Å². The molecule has 0 aromatic heterocycles. The van der Waals surface area contributed by atoms with E-state index in [0.717, 1.165) is 13.8 Å². The summed E-state index contributed by atoms with van der Waals surface area (Å²) in [6.07, 6.45) is -5.67. The Morgan fingerprint density at radius 3 is 2.01 bits per heavy atom. The summed E-state index contributed by atoms with van der Waals surface area (Å²) in [4.78, 5) is 102. The van der Waals surface area contributed by atoms with Crippen LogP contribution in [0.1, 0.15) is 118 Å². The molecule has 1 saturated heterocycles. The fraction of sp³-hybridized carbons (Fsp3) is 0.426. The van der Waals surface area contributed by atoms with Gasteiger partial charge in [-0.3, -0.25) is 19.2 Å². The Kier molecular flexibility index (Phi) is 17.5. The number of terminal acetylenes is 1. The molecule has 1 unspecified atom stereocenters. The highest BCUT2D eigenvalue weighted by molar-refractivity contribution is 9.10. The zero-order valence-corrected chi connectivity index (χ0v) is 46.3. The molecule has 416 valence electrons. The first-order chi connectivity index (χ1) is 37.6. The van der Waals surface area contributed by atoms with Gasteiger partial charge in [-0.1, -0.05) is 109 Å². The van der Waals surface area contributed by atoms with E-state index in [4.69, 9.17) is 39.6 Å². The van der Waals surface area contributed by atoms with E-state index < -0.39 is 125 Å². The standard InChI is InChI=1S/C61H64BrNO16/c1-8-9-10-20-31-73-56(70)48(39-27-29-42(62)30-28-39)77-50(47(38-21-14-11-15-22-38)63-54(68)40-23-16-12-17-24-40)57(71)76-43-33-61(72)53(78-55(69)41-25-18-13-19-26-41)51-59(7,44(66)32-45-60(51,34-74-45)79-37(4)65)52(67)49(75-36(3)64)46(35(43)2)58(61,5)6/h1,11-19,21-30,43-45,47-51,53,66,72H,9-10,20,31-34H2,2-7H3,(H,63,68)/t43-,44-,45+,47-,48?,49+,50+,51-,53-,59+,60-,61+/m0/s1. The summed E-state index contributed by atoms with van der Waals surface area (Å²) in [5.74, 6) is -5.37. The number of aliphatic hydroxyl groups excluding tert-OH is 1. The maximum absolute atomic E-state index is 15.9. The van der Waals surface area contributed by atoms with E-state index in [1.807, 2.05) is 0 Å². The van der Waals surface area contributed by atoms with E-state index in [9.17, 15) is 34.2 Å². The number of benzene rings is 4. The third-order valence-corrected chi connectivity index (χ3v) is 16.6. The lowest BCUT2D eigenvalue weighted by atomic mass is 9.44. The van der Waals surface area contributed by atoms with Crippen LogP contribution in [0.15, 0.2) is 131 Å². The summed E-state index contributed by atoms with van der Waals surface area (Å²) in [5.41, 5.74) is -7.27. The lowest BCUT2D eigenvalue weighted by Crippen LogP contribution is -2.82. The number of carbonyl (C=O) groups excluding carboxylic acids is 7. The smallest absolute Gasteiger partial charge is 0.339 e. The van der Waals surface area contributed by atoms with Crippen LogP contribution in [0, 0.1) is 29.1 Å². The van der Waals surface area contributed by atoms with Crippen LogP contribution in [-0.4, -0.2) is 113 Å². The number of aliphatic hydroxyl groups is 2.